The second kappa shape index (κ2) is 12.5. The second-order valence-electron chi connectivity index (χ2n) is 11.1. The van der Waals surface area contributed by atoms with Crippen molar-refractivity contribution in [3.63, 3.8) is 0 Å². The van der Waals surface area contributed by atoms with Crippen molar-refractivity contribution in [3.8, 4) is 0 Å². The molecule has 43 heavy (non-hydrogen) atoms. The van der Waals surface area contributed by atoms with Crippen molar-refractivity contribution >= 4 is 62.2 Å². The number of carbonyl (C=O) groups is 2. The third kappa shape index (κ3) is 6.27. The summed E-state index contributed by atoms with van der Waals surface area (Å²) >= 11 is 12.5. The monoisotopic (exact) mass is 642 g/mol. The highest BCUT2D eigenvalue weighted by Gasteiger charge is 2.31. The first kappa shape index (κ1) is 31.3. The number of likely N-dealkylation sites (tertiary alicyclic amines) is 1. The van der Waals surface area contributed by atoms with Crippen LogP contribution in [-0.2, 0) is 31.6 Å². The lowest BCUT2D eigenvalue weighted by atomic mass is 10.0. The molecule has 2 aromatic carbocycles. The lowest BCUT2D eigenvalue weighted by molar-refractivity contribution is -0.129. The SMILES string of the molecule is CCN(CC)C1CCN(C(=O)Cc2c(C)[nH]c(C=C3C(=O)Nc4ccc(S(=O)(=O)Cc5c(Cl)cccc5Cl)cc43)c2C)C1. The number of likely N-dealkylation sites (N-methyl/N-ethyl adjacent to an activating group) is 1. The van der Waals surface area contributed by atoms with Gasteiger partial charge in [-0.15, -0.1) is 0 Å². The summed E-state index contributed by atoms with van der Waals surface area (Å²) in [4.78, 5) is 34.1. The summed E-state index contributed by atoms with van der Waals surface area (Å²) in [6, 6.07) is 9.82. The van der Waals surface area contributed by atoms with Gasteiger partial charge in [-0.05, 0) is 80.9 Å². The van der Waals surface area contributed by atoms with Gasteiger partial charge < -0.3 is 15.2 Å². The van der Waals surface area contributed by atoms with Crippen molar-refractivity contribution in [1.82, 2.24) is 14.8 Å². The lowest BCUT2D eigenvalue weighted by Gasteiger charge is -2.26. The van der Waals surface area contributed by atoms with E-state index in [4.69, 9.17) is 23.2 Å². The molecule has 228 valence electrons. The van der Waals surface area contributed by atoms with Crippen molar-refractivity contribution in [2.75, 3.05) is 31.5 Å². The van der Waals surface area contributed by atoms with Crippen LogP contribution in [0.2, 0.25) is 10.0 Å². The molecule has 11 heteroatoms. The Balaban J connectivity index is 1.39. The minimum absolute atomic E-state index is 0.0592. The topological polar surface area (TPSA) is 103 Å². The highest BCUT2D eigenvalue weighted by molar-refractivity contribution is 7.90. The first-order valence-electron chi connectivity index (χ1n) is 14.5. The molecule has 5 rings (SSSR count). The summed E-state index contributed by atoms with van der Waals surface area (Å²) in [5, 5.41) is 3.37. The standard InChI is InChI=1S/C32H36Cl2N4O4S/c1-5-37(6-2)21-12-13-38(17-21)31(39)16-23-19(3)30(35-20(23)4)15-25-24-14-22(10-11-29(24)36-32(25)40)43(41,42)18-26-27(33)8-7-9-28(26)34/h7-11,14-15,21,35H,5-6,12-13,16-18H2,1-4H3,(H,36,40). The number of aromatic amines is 1. The first-order valence-corrected chi connectivity index (χ1v) is 16.9. The van der Waals surface area contributed by atoms with Crippen LogP contribution in [-0.4, -0.2) is 67.2 Å². The van der Waals surface area contributed by atoms with Crippen LogP contribution in [0.1, 0.15) is 53.9 Å². The molecule has 2 N–H and O–H groups in total. The molecular weight excluding hydrogens is 607 g/mol. The Bertz CT molecular complexity index is 1710. The third-order valence-electron chi connectivity index (χ3n) is 8.62. The Morgan fingerprint density at radius 2 is 1.79 bits per heavy atom. The van der Waals surface area contributed by atoms with Gasteiger partial charge in [0.1, 0.15) is 0 Å². The van der Waals surface area contributed by atoms with Crippen LogP contribution in [0, 0.1) is 13.8 Å². The van der Waals surface area contributed by atoms with E-state index in [0.717, 1.165) is 49.4 Å². The zero-order chi connectivity index (χ0) is 31.1. The molecule has 1 saturated heterocycles. The fraction of sp³-hybridized carbons (Fsp3) is 0.375. The number of halogens is 2. The fourth-order valence-corrected chi connectivity index (χ4v) is 8.21. The normalized spacial score (nSPS) is 17.7. The van der Waals surface area contributed by atoms with E-state index < -0.39 is 9.84 Å². The predicted molar refractivity (Wildman–Crippen MR) is 172 cm³/mol. The molecule has 0 bridgehead atoms. The van der Waals surface area contributed by atoms with Crippen molar-refractivity contribution in [2.45, 2.75) is 57.2 Å². The van der Waals surface area contributed by atoms with Crippen molar-refractivity contribution in [2.24, 2.45) is 0 Å². The maximum atomic E-state index is 13.4. The number of anilines is 1. The van der Waals surface area contributed by atoms with Crippen LogP contribution >= 0.6 is 23.2 Å². The predicted octanol–water partition coefficient (Wildman–Crippen LogP) is 5.89. The first-order chi connectivity index (χ1) is 20.4. The fourth-order valence-electron chi connectivity index (χ4n) is 6.09. The zero-order valence-electron chi connectivity index (χ0n) is 24.8. The Morgan fingerprint density at radius 3 is 2.47 bits per heavy atom. The number of nitrogens with one attached hydrogen (secondary N) is 2. The molecule has 0 radical (unpaired) electrons. The summed E-state index contributed by atoms with van der Waals surface area (Å²) in [5.74, 6) is -0.608. The van der Waals surface area contributed by atoms with Crippen LogP contribution < -0.4 is 5.32 Å². The zero-order valence-corrected chi connectivity index (χ0v) is 27.1. The summed E-state index contributed by atoms with van der Waals surface area (Å²) in [7, 11) is -3.83. The van der Waals surface area contributed by atoms with Crippen LogP contribution in [0.15, 0.2) is 41.3 Å². The number of fused-ring (bicyclic) bond motifs is 1. The van der Waals surface area contributed by atoms with Gasteiger partial charge >= 0.3 is 0 Å². The smallest absolute Gasteiger partial charge is 0.256 e. The van der Waals surface area contributed by atoms with Gasteiger partial charge in [-0.2, -0.15) is 0 Å². The number of amides is 2. The van der Waals surface area contributed by atoms with E-state index in [-0.39, 0.29) is 38.9 Å². The maximum Gasteiger partial charge on any atom is 0.256 e. The minimum Gasteiger partial charge on any atom is -0.359 e. The summed E-state index contributed by atoms with van der Waals surface area (Å²) in [5.41, 5.74) is 5.05. The number of hydrogen-bond acceptors (Lipinski definition) is 5. The Kier molecular flexibility index (Phi) is 9.09. The highest BCUT2D eigenvalue weighted by atomic mass is 35.5. The molecule has 0 saturated carbocycles. The second-order valence-corrected chi connectivity index (χ2v) is 13.9. The van der Waals surface area contributed by atoms with E-state index in [1.807, 2.05) is 18.7 Å². The molecule has 3 heterocycles. The van der Waals surface area contributed by atoms with Crippen LogP contribution in [0.25, 0.3) is 11.6 Å². The molecule has 1 fully saturated rings. The number of aromatic nitrogens is 1. The molecule has 2 aliphatic heterocycles. The van der Waals surface area contributed by atoms with Gasteiger partial charge in [0.15, 0.2) is 9.84 Å². The molecule has 1 unspecified atom stereocenters. The number of benzene rings is 2. The van der Waals surface area contributed by atoms with Gasteiger partial charge in [-0.25, -0.2) is 8.42 Å². The molecule has 0 aliphatic carbocycles. The van der Waals surface area contributed by atoms with Gasteiger partial charge in [0, 0.05) is 57.4 Å². The molecule has 8 nitrogen and oxygen atoms in total. The van der Waals surface area contributed by atoms with Gasteiger partial charge in [0.2, 0.25) is 5.91 Å². The van der Waals surface area contributed by atoms with Crippen molar-refractivity contribution in [1.29, 1.82) is 0 Å². The lowest BCUT2D eigenvalue weighted by Crippen LogP contribution is -2.39. The number of nitrogens with zero attached hydrogens (tertiary/aromatic N) is 2. The highest BCUT2D eigenvalue weighted by Crippen LogP contribution is 2.37. The summed E-state index contributed by atoms with van der Waals surface area (Å²) < 4.78 is 26.7. The molecule has 2 amide bonds. The van der Waals surface area contributed by atoms with E-state index in [2.05, 4.69) is 29.0 Å². The van der Waals surface area contributed by atoms with E-state index in [9.17, 15) is 18.0 Å². The van der Waals surface area contributed by atoms with Gasteiger partial charge in [0.25, 0.3) is 5.91 Å². The van der Waals surface area contributed by atoms with Crippen molar-refractivity contribution in [3.05, 3.63) is 80.1 Å². The number of aryl methyl sites for hydroxylation is 1. The Labute approximate surface area is 263 Å². The largest absolute Gasteiger partial charge is 0.359 e. The van der Waals surface area contributed by atoms with E-state index in [0.29, 0.717) is 34.1 Å². The molecule has 1 aromatic heterocycles. The quantitative estimate of drug-likeness (QED) is 0.283. The minimum atomic E-state index is -3.83. The average Bonchev–Trinajstić information content (AvgIpc) is 3.64. The van der Waals surface area contributed by atoms with Gasteiger partial charge in [0.05, 0.1) is 22.6 Å². The number of sulfone groups is 1. The molecule has 1 atom stereocenters. The van der Waals surface area contributed by atoms with E-state index in [1.54, 1.807) is 30.3 Å². The Hall–Kier alpha value is -3.11. The number of hydrogen-bond donors (Lipinski definition) is 2. The number of carbonyl (C=O) groups excluding carboxylic acids is 2. The maximum absolute atomic E-state index is 13.4. The third-order valence-corrected chi connectivity index (χ3v) is 11.0. The van der Waals surface area contributed by atoms with E-state index in [1.165, 1.54) is 12.1 Å². The number of H-pyrrole nitrogens is 1. The number of rotatable bonds is 9. The van der Waals surface area contributed by atoms with Gasteiger partial charge in [-0.3, -0.25) is 14.5 Å². The van der Waals surface area contributed by atoms with Crippen LogP contribution in [0.4, 0.5) is 5.69 Å². The van der Waals surface area contributed by atoms with Crippen molar-refractivity contribution < 1.29 is 18.0 Å². The summed E-state index contributed by atoms with van der Waals surface area (Å²) in [6.45, 7) is 11.6. The van der Waals surface area contributed by atoms with Gasteiger partial charge in [-0.1, -0.05) is 43.1 Å². The average molecular weight is 644 g/mol. The summed E-state index contributed by atoms with van der Waals surface area (Å²) in [6.07, 6.45) is 2.98. The molecule has 2 aliphatic rings. The van der Waals surface area contributed by atoms with Crippen LogP contribution in [0.3, 0.4) is 0 Å². The molecular formula is C32H36Cl2N4O4S. The van der Waals surface area contributed by atoms with Crippen LogP contribution in [0.5, 0.6) is 0 Å². The molecule has 0 spiro atoms. The Morgan fingerprint density at radius 1 is 1.09 bits per heavy atom. The molecule has 3 aromatic rings. The van der Waals surface area contributed by atoms with E-state index >= 15 is 0 Å².